The smallest absolute Gasteiger partial charge is 0.410 e. The Morgan fingerprint density at radius 1 is 1.44 bits per heavy atom. The Labute approximate surface area is 107 Å². The molecule has 1 aliphatic heterocycles. The molecule has 0 radical (unpaired) electrons. The van der Waals surface area contributed by atoms with Crippen LogP contribution in [0.5, 0.6) is 0 Å². The summed E-state index contributed by atoms with van der Waals surface area (Å²) >= 11 is 0. The average molecular weight is 258 g/mol. The van der Waals surface area contributed by atoms with Crippen LogP contribution in [0.1, 0.15) is 34.1 Å². The Morgan fingerprint density at radius 3 is 2.44 bits per heavy atom. The van der Waals surface area contributed by atoms with Crippen molar-refractivity contribution in [2.45, 2.75) is 45.8 Å². The van der Waals surface area contributed by atoms with Gasteiger partial charge in [-0.2, -0.15) is 0 Å². The number of hydrogen-bond acceptors (Lipinski definition) is 4. The lowest BCUT2D eigenvalue weighted by atomic mass is 9.78. The zero-order chi connectivity index (χ0) is 14.1. The number of nitrogens with two attached hydrogens (primary N) is 1. The highest BCUT2D eigenvalue weighted by Gasteiger charge is 2.46. The van der Waals surface area contributed by atoms with E-state index in [0.29, 0.717) is 13.0 Å². The van der Waals surface area contributed by atoms with Crippen molar-refractivity contribution in [1.82, 2.24) is 4.90 Å². The number of carboxylic acids is 1. The molecule has 0 saturated carbocycles. The van der Waals surface area contributed by atoms with E-state index < -0.39 is 29.1 Å². The van der Waals surface area contributed by atoms with Gasteiger partial charge in [-0.15, -0.1) is 0 Å². The van der Waals surface area contributed by atoms with Gasteiger partial charge in [0.2, 0.25) is 0 Å². The van der Waals surface area contributed by atoms with Gasteiger partial charge < -0.3 is 20.5 Å². The van der Waals surface area contributed by atoms with Crippen molar-refractivity contribution in [3.05, 3.63) is 0 Å². The summed E-state index contributed by atoms with van der Waals surface area (Å²) in [4.78, 5) is 24.6. The van der Waals surface area contributed by atoms with Crippen LogP contribution < -0.4 is 5.73 Å². The minimum atomic E-state index is -1.12. The predicted octanol–water partition coefficient (Wildman–Crippen LogP) is 1.05. The predicted molar refractivity (Wildman–Crippen MR) is 66.1 cm³/mol. The molecular weight excluding hydrogens is 236 g/mol. The lowest BCUT2D eigenvalue weighted by Crippen LogP contribution is -2.59. The minimum absolute atomic E-state index is 0.0818. The molecule has 1 amide bonds. The van der Waals surface area contributed by atoms with E-state index in [-0.39, 0.29) is 6.54 Å². The molecule has 1 aliphatic rings. The lowest BCUT2D eigenvalue weighted by Gasteiger charge is -2.41. The van der Waals surface area contributed by atoms with Crippen molar-refractivity contribution in [2.24, 2.45) is 11.1 Å². The second kappa shape index (κ2) is 4.76. The Kier molecular flexibility index (Phi) is 3.90. The summed E-state index contributed by atoms with van der Waals surface area (Å²) in [7, 11) is 0. The first-order valence-electron chi connectivity index (χ1n) is 6.03. The average Bonchev–Trinajstić information content (AvgIpc) is 2.19. The summed E-state index contributed by atoms with van der Waals surface area (Å²) in [5.74, 6) is -0.983. The Balaban J connectivity index is 2.77. The normalized spacial score (nSPS) is 28.9. The number of carboxylic acid groups (broad SMARTS) is 1. The fourth-order valence-corrected chi connectivity index (χ4v) is 1.91. The quantitative estimate of drug-likeness (QED) is 0.733. The van der Waals surface area contributed by atoms with Crippen LogP contribution in [0.2, 0.25) is 0 Å². The van der Waals surface area contributed by atoms with Gasteiger partial charge in [-0.05, 0) is 34.1 Å². The molecule has 6 nitrogen and oxygen atoms in total. The van der Waals surface area contributed by atoms with Crippen LogP contribution >= 0.6 is 0 Å². The van der Waals surface area contributed by atoms with Crippen molar-refractivity contribution < 1.29 is 19.4 Å². The molecule has 0 unspecified atom stereocenters. The molecule has 1 saturated heterocycles. The summed E-state index contributed by atoms with van der Waals surface area (Å²) < 4.78 is 5.24. The molecule has 2 atom stereocenters. The van der Waals surface area contributed by atoms with Crippen LogP contribution in [0.15, 0.2) is 0 Å². The zero-order valence-electron chi connectivity index (χ0n) is 11.4. The Morgan fingerprint density at radius 2 is 2.00 bits per heavy atom. The van der Waals surface area contributed by atoms with E-state index in [4.69, 9.17) is 10.5 Å². The standard InChI is InChI=1S/C12H22N2O4/c1-11(2,3)18-10(17)14-6-5-8(13)12(4,7-14)9(15)16/h8H,5-7,13H2,1-4H3,(H,15,16)/t8-,12-/m0/s1. The molecule has 0 aliphatic carbocycles. The maximum absolute atomic E-state index is 11.9. The van der Waals surface area contributed by atoms with E-state index >= 15 is 0 Å². The van der Waals surface area contributed by atoms with E-state index in [1.54, 1.807) is 27.7 Å². The molecule has 0 spiro atoms. The van der Waals surface area contributed by atoms with E-state index in [1.165, 1.54) is 4.90 Å². The second-order valence-corrected chi connectivity index (χ2v) is 6.02. The zero-order valence-corrected chi connectivity index (χ0v) is 11.4. The largest absolute Gasteiger partial charge is 0.481 e. The van der Waals surface area contributed by atoms with Crippen LogP contribution in [0.3, 0.4) is 0 Å². The van der Waals surface area contributed by atoms with Gasteiger partial charge in [0, 0.05) is 19.1 Å². The third-order valence-electron chi connectivity index (χ3n) is 3.19. The van der Waals surface area contributed by atoms with Gasteiger partial charge in [0.05, 0.1) is 5.41 Å². The van der Waals surface area contributed by atoms with Crippen molar-refractivity contribution in [2.75, 3.05) is 13.1 Å². The van der Waals surface area contributed by atoms with Gasteiger partial charge in [0.25, 0.3) is 0 Å². The molecule has 1 rings (SSSR count). The summed E-state index contributed by atoms with van der Waals surface area (Å²) in [6.45, 7) is 7.40. The number of carbonyl (C=O) groups is 2. The first-order chi connectivity index (χ1) is 8.06. The van der Waals surface area contributed by atoms with Gasteiger partial charge in [-0.1, -0.05) is 0 Å². The van der Waals surface area contributed by atoms with E-state index in [2.05, 4.69) is 0 Å². The van der Waals surface area contributed by atoms with Crippen molar-refractivity contribution >= 4 is 12.1 Å². The molecule has 0 aromatic carbocycles. The lowest BCUT2D eigenvalue weighted by molar-refractivity contribution is -0.152. The highest BCUT2D eigenvalue weighted by molar-refractivity contribution is 5.77. The van der Waals surface area contributed by atoms with Crippen molar-refractivity contribution in [3.8, 4) is 0 Å². The van der Waals surface area contributed by atoms with E-state index in [0.717, 1.165) is 0 Å². The molecule has 18 heavy (non-hydrogen) atoms. The number of ether oxygens (including phenoxy) is 1. The molecule has 104 valence electrons. The maximum Gasteiger partial charge on any atom is 0.410 e. The molecule has 3 N–H and O–H groups in total. The van der Waals surface area contributed by atoms with Gasteiger partial charge in [0.15, 0.2) is 0 Å². The third kappa shape index (κ3) is 3.13. The number of carbonyl (C=O) groups excluding carboxylic acids is 1. The van der Waals surface area contributed by atoms with Crippen molar-refractivity contribution in [1.29, 1.82) is 0 Å². The number of rotatable bonds is 1. The number of aliphatic carboxylic acids is 1. The first-order valence-corrected chi connectivity index (χ1v) is 6.03. The number of amides is 1. The van der Waals surface area contributed by atoms with Crippen LogP contribution in [-0.4, -0.2) is 46.8 Å². The van der Waals surface area contributed by atoms with E-state index in [9.17, 15) is 14.7 Å². The van der Waals surface area contributed by atoms with Crippen LogP contribution in [-0.2, 0) is 9.53 Å². The number of piperidine rings is 1. The summed E-state index contributed by atoms with van der Waals surface area (Å²) in [6, 6.07) is -0.450. The molecule has 0 bridgehead atoms. The highest BCUT2D eigenvalue weighted by atomic mass is 16.6. The van der Waals surface area contributed by atoms with Gasteiger partial charge >= 0.3 is 12.1 Å². The van der Waals surface area contributed by atoms with Crippen LogP contribution in [0.25, 0.3) is 0 Å². The van der Waals surface area contributed by atoms with E-state index in [1.807, 2.05) is 0 Å². The number of nitrogens with zero attached hydrogens (tertiary/aromatic N) is 1. The second-order valence-electron chi connectivity index (χ2n) is 6.02. The molecular formula is C12H22N2O4. The highest BCUT2D eigenvalue weighted by Crippen LogP contribution is 2.29. The molecule has 0 aromatic rings. The Hall–Kier alpha value is -1.30. The summed E-state index contributed by atoms with van der Waals surface area (Å²) in [6.07, 6.45) is -0.0240. The fraction of sp³-hybridized carbons (Fsp3) is 0.833. The molecule has 1 fully saturated rings. The minimum Gasteiger partial charge on any atom is -0.481 e. The van der Waals surface area contributed by atoms with Crippen molar-refractivity contribution in [3.63, 3.8) is 0 Å². The number of hydrogen-bond donors (Lipinski definition) is 2. The summed E-state index contributed by atoms with van der Waals surface area (Å²) in [5, 5.41) is 9.24. The topological polar surface area (TPSA) is 92.9 Å². The SMILES string of the molecule is CC(C)(C)OC(=O)N1CC[C@H](N)[C@@](C)(C(=O)O)C1. The van der Waals surface area contributed by atoms with Gasteiger partial charge in [-0.25, -0.2) is 4.79 Å². The first kappa shape index (κ1) is 14.8. The van der Waals surface area contributed by atoms with Crippen LogP contribution in [0.4, 0.5) is 4.79 Å². The van der Waals surface area contributed by atoms with Crippen LogP contribution in [0, 0.1) is 5.41 Å². The molecule has 6 heteroatoms. The van der Waals surface area contributed by atoms with Gasteiger partial charge in [0.1, 0.15) is 5.60 Å². The Bertz CT molecular complexity index is 350. The number of likely N-dealkylation sites (tertiary alicyclic amines) is 1. The summed E-state index contributed by atoms with van der Waals surface area (Å²) in [5.41, 5.74) is 4.14. The molecule has 1 heterocycles. The maximum atomic E-state index is 11.9. The fourth-order valence-electron chi connectivity index (χ4n) is 1.91. The monoisotopic (exact) mass is 258 g/mol. The van der Waals surface area contributed by atoms with Gasteiger partial charge in [-0.3, -0.25) is 4.79 Å². The third-order valence-corrected chi connectivity index (χ3v) is 3.19. The molecule has 0 aromatic heterocycles.